The van der Waals surface area contributed by atoms with E-state index in [9.17, 15) is 9.59 Å². The second-order valence-electron chi connectivity index (χ2n) is 4.03. The van der Waals surface area contributed by atoms with Gasteiger partial charge in [-0.2, -0.15) is 0 Å². The number of carbonyl (C=O) groups is 2. The van der Waals surface area contributed by atoms with Gasteiger partial charge in [0.2, 0.25) is 5.91 Å². The fraction of sp³-hybridized carbons (Fsp3) is 0.333. The van der Waals surface area contributed by atoms with Crippen LogP contribution < -0.4 is 16.6 Å². The van der Waals surface area contributed by atoms with E-state index in [1.165, 1.54) is 0 Å². The number of anilines is 1. The van der Waals surface area contributed by atoms with E-state index in [-0.39, 0.29) is 18.7 Å². The van der Waals surface area contributed by atoms with Crippen molar-refractivity contribution in [3.63, 3.8) is 0 Å². The summed E-state index contributed by atoms with van der Waals surface area (Å²) in [6, 6.07) is 6.50. The quantitative estimate of drug-likeness (QED) is 0.555. The monoisotopic (exact) mass is 251 g/mol. The molecular weight excluding hydrogens is 234 g/mol. The highest BCUT2D eigenvalue weighted by molar-refractivity contribution is 5.79. The van der Waals surface area contributed by atoms with E-state index in [0.29, 0.717) is 0 Å². The molecule has 5 N–H and O–H groups in total. The average Bonchev–Trinajstić information content (AvgIpc) is 2.33. The maximum absolute atomic E-state index is 11.4. The van der Waals surface area contributed by atoms with Gasteiger partial charge >= 0.3 is 5.97 Å². The smallest absolute Gasteiger partial charge is 0.320 e. The van der Waals surface area contributed by atoms with Crippen LogP contribution in [0.2, 0.25) is 0 Å². The van der Waals surface area contributed by atoms with Gasteiger partial charge in [-0.05, 0) is 31.0 Å². The third-order valence-electron chi connectivity index (χ3n) is 2.36. The minimum absolute atomic E-state index is 0.0618. The van der Waals surface area contributed by atoms with Crippen molar-refractivity contribution in [3.05, 3.63) is 29.8 Å². The molecule has 0 aliphatic rings. The Morgan fingerprint density at radius 1 is 1.44 bits per heavy atom. The Labute approximate surface area is 105 Å². The van der Waals surface area contributed by atoms with Gasteiger partial charge in [0.15, 0.2) is 0 Å². The van der Waals surface area contributed by atoms with Crippen LogP contribution >= 0.6 is 0 Å². The third-order valence-corrected chi connectivity index (χ3v) is 2.36. The number of nitrogens with two attached hydrogens (primary N) is 1. The van der Waals surface area contributed by atoms with E-state index < -0.39 is 12.0 Å². The van der Waals surface area contributed by atoms with Crippen molar-refractivity contribution >= 4 is 17.6 Å². The molecule has 18 heavy (non-hydrogen) atoms. The molecule has 0 bridgehead atoms. The lowest BCUT2D eigenvalue weighted by molar-refractivity contribution is -0.138. The van der Waals surface area contributed by atoms with Crippen LogP contribution in [0.15, 0.2) is 24.3 Å². The molecule has 0 spiro atoms. The van der Waals surface area contributed by atoms with Gasteiger partial charge in [-0.25, -0.2) is 0 Å². The molecule has 1 amide bonds. The molecule has 1 atom stereocenters. The van der Waals surface area contributed by atoms with Crippen LogP contribution in [-0.4, -0.2) is 23.0 Å². The Bertz CT molecular complexity index is 434. The summed E-state index contributed by atoms with van der Waals surface area (Å²) >= 11 is 0. The Morgan fingerprint density at radius 3 is 2.78 bits per heavy atom. The van der Waals surface area contributed by atoms with Crippen LogP contribution in [0.4, 0.5) is 5.69 Å². The molecule has 0 aromatic heterocycles. The predicted molar refractivity (Wildman–Crippen MR) is 67.8 cm³/mol. The van der Waals surface area contributed by atoms with Gasteiger partial charge in [0.05, 0.1) is 5.69 Å². The summed E-state index contributed by atoms with van der Waals surface area (Å²) < 4.78 is 0. The second kappa shape index (κ2) is 6.61. The number of hydrogen-bond acceptors (Lipinski definition) is 4. The second-order valence-corrected chi connectivity index (χ2v) is 4.03. The van der Waals surface area contributed by atoms with Crippen molar-refractivity contribution in [2.45, 2.75) is 25.8 Å². The number of amides is 1. The van der Waals surface area contributed by atoms with E-state index in [1.807, 2.05) is 31.2 Å². The highest BCUT2D eigenvalue weighted by Gasteiger charge is 2.13. The van der Waals surface area contributed by atoms with Crippen molar-refractivity contribution in [1.82, 2.24) is 5.43 Å². The van der Waals surface area contributed by atoms with Gasteiger partial charge in [-0.15, -0.1) is 0 Å². The molecule has 0 unspecified atom stereocenters. The standard InChI is InChI=1S/C12H17N3O3/c1-8-3-2-4-9(7-8)14-15-11(16)6-5-10(13)12(17)18/h2-4,7,10,14H,5-6,13H2,1H3,(H,15,16)(H,17,18)/t10-/m1/s1. The van der Waals surface area contributed by atoms with Gasteiger partial charge in [0, 0.05) is 6.42 Å². The highest BCUT2D eigenvalue weighted by Crippen LogP contribution is 2.07. The Kier molecular flexibility index (Phi) is 5.13. The van der Waals surface area contributed by atoms with Gasteiger partial charge < -0.3 is 10.8 Å². The Hall–Kier alpha value is -2.08. The largest absolute Gasteiger partial charge is 0.480 e. The molecule has 0 fully saturated rings. The number of hydrogen-bond donors (Lipinski definition) is 4. The number of aryl methyl sites for hydroxylation is 1. The average molecular weight is 251 g/mol. The first-order chi connectivity index (χ1) is 8.49. The first-order valence-electron chi connectivity index (χ1n) is 5.59. The lowest BCUT2D eigenvalue weighted by Crippen LogP contribution is -2.34. The summed E-state index contributed by atoms with van der Waals surface area (Å²) in [5, 5.41) is 8.56. The Morgan fingerprint density at radius 2 is 2.17 bits per heavy atom. The van der Waals surface area contributed by atoms with Gasteiger partial charge in [0.1, 0.15) is 6.04 Å². The summed E-state index contributed by atoms with van der Waals surface area (Å²) in [5.41, 5.74) is 12.4. The normalized spacial score (nSPS) is 11.7. The Balaban J connectivity index is 2.31. The molecular formula is C12H17N3O3. The van der Waals surface area contributed by atoms with E-state index in [0.717, 1.165) is 11.3 Å². The molecule has 0 saturated carbocycles. The summed E-state index contributed by atoms with van der Waals surface area (Å²) in [6.07, 6.45) is 0.170. The first-order valence-corrected chi connectivity index (χ1v) is 5.59. The van der Waals surface area contributed by atoms with E-state index in [4.69, 9.17) is 10.8 Å². The van der Waals surface area contributed by atoms with Crippen molar-refractivity contribution in [3.8, 4) is 0 Å². The molecule has 6 nitrogen and oxygen atoms in total. The lowest BCUT2D eigenvalue weighted by atomic mass is 10.1. The summed E-state index contributed by atoms with van der Waals surface area (Å²) in [6.45, 7) is 1.94. The predicted octanol–water partition coefficient (Wildman–Crippen LogP) is 0.630. The molecule has 6 heteroatoms. The molecule has 1 aromatic rings. The number of carboxylic acids is 1. The molecule has 0 heterocycles. The third kappa shape index (κ3) is 4.84. The summed E-state index contributed by atoms with van der Waals surface area (Å²) in [4.78, 5) is 21.9. The maximum Gasteiger partial charge on any atom is 0.320 e. The summed E-state index contributed by atoms with van der Waals surface area (Å²) in [5.74, 6) is -1.40. The van der Waals surface area contributed by atoms with Crippen LogP contribution in [-0.2, 0) is 9.59 Å². The molecule has 98 valence electrons. The SMILES string of the molecule is Cc1cccc(NNC(=O)CC[C@@H](N)C(=O)O)c1. The van der Waals surface area contributed by atoms with Crippen molar-refractivity contribution in [2.75, 3.05) is 5.43 Å². The maximum atomic E-state index is 11.4. The first kappa shape index (κ1) is 14.0. The van der Waals surface area contributed by atoms with Crippen LogP contribution in [0.1, 0.15) is 18.4 Å². The number of aliphatic carboxylic acids is 1. The zero-order valence-corrected chi connectivity index (χ0v) is 10.1. The number of rotatable bonds is 6. The van der Waals surface area contributed by atoms with Gasteiger partial charge in [0.25, 0.3) is 0 Å². The van der Waals surface area contributed by atoms with Crippen molar-refractivity contribution in [2.24, 2.45) is 5.73 Å². The molecule has 0 saturated heterocycles. The fourth-order valence-electron chi connectivity index (χ4n) is 1.34. The molecule has 0 aliphatic carbocycles. The zero-order chi connectivity index (χ0) is 13.5. The number of nitrogens with one attached hydrogen (secondary N) is 2. The molecule has 0 radical (unpaired) electrons. The van der Waals surface area contributed by atoms with Gasteiger partial charge in [-0.1, -0.05) is 12.1 Å². The van der Waals surface area contributed by atoms with Crippen molar-refractivity contribution in [1.29, 1.82) is 0 Å². The number of hydrazine groups is 1. The number of carbonyl (C=O) groups excluding carboxylic acids is 1. The van der Waals surface area contributed by atoms with Crippen LogP contribution in [0.3, 0.4) is 0 Å². The number of carboxylic acid groups (broad SMARTS) is 1. The van der Waals surface area contributed by atoms with Crippen molar-refractivity contribution < 1.29 is 14.7 Å². The van der Waals surface area contributed by atoms with E-state index in [1.54, 1.807) is 0 Å². The summed E-state index contributed by atoms with van der Waals surface area (Å²) in [7, 11) is 0. The fourth-order valence-corrected chi connectivity index (χ4v) is 1.34. The van der Waals surface area contributed by atoms with Gasteiger partial charge in [-0.3, -0.25) is 20.4 Å². The van der Waals surface area contributed by atoms with Crippen LogP contribution in [0.25, 0.3) is 0 Å². The topological polar surface area (TPSA) is 104 Å². The lowest BCUT2D eigenvalue weighted by Gasteiger charge is -2.10. The van der Waals surface area contributed by atoms with Crippen LogP contribution in [0.5, 0.6) is 0 Å². The van der Waals surface area contributed by atoms with E-state index in [2.05, 4.69) is 10.9 Å². The zero-order valence-electron chi connectivity index (χ0n) is 10.1. The molecule has 1 aromatic carbocycles. The van der Waals surface area contributed by atoms with Crippen LogP contribution in [0, 0.1) is 6.92 Å². The van der Waals surface area contributed by atoms with E-state index >= 15 is 0 Å². The molecule has 0 aliphatic heterocycles. The molecule has 1 rings (SSSR count). The number of benzene rings is 1. The minimum Gasteiger partial charge on any atom is -0.480 e. The minimum atomic E-state index is -1.10. The highest BCUT2D eigenvalue weighted by atomic mass is 16.4.